The Morgan fingerprint density at radius 3 is 2.88 bits per heavy atom. The van der Waals surface area contributed by atoms with Gasteiger partial charge in [-0.15, -0.1) is 0 Å². The summed E-state index contributed by atoms with van der Waals surface area (Å²) in [4.78, 5) is 26.5. The number of amides is 3. The van der Waals surface area contributed by atoms with Crippen molar-refractivity contribution in [3.05, 3.63) is 24.3 Å². The van der Waals surface area contributed by atoms with Gasteiger partial charge in [-0.25, -0.2) is 4.79 Å². The third-order valence-corrected chi connectivity index (χ3v) is 6.21. The summed E-state index contributed by atoms with van der Waals surface area (Å²) in [5.74, 6) is 2.64. The summed E-state index contributed by atoms with van der Waals surface area (Å²) in [6.45, 7) is 3.38. The second kappa shape index (κ2) is 7.17. The Hall–Kier alpha value is -2.24. The van der Waals surface area contributed by atoms with Gasteiger partial charge >= 0.3 is 6.03 Å². The van der Waals surface area contributed by atoms with Crippen LogP contribution in [0.1, 0.15) is 32.6 Å². The molecule has 0 spiro atoms. The number of carbonyl (C=O) groups is 2. The first-order chi connectivity index (χ1) is 12.6. The molecule has 0 saturated heterocycles. The Morgan fingerprint density at radius 1 is 1.27 bits per heavy atom. The van der Waals surface area contributed by atoms with Gasteiger partial charge in [0.25, 0.3) is 0 Å². The average Bonchev–Trinajstić information content (AvgIpc) is 3.25. The number of carbonyl (C=O) groups excluding carboxylic acids is 2. The van der Waals surface area contributed by atoms with Gasteiger partial charge in [0.1, 0.15) is 12.4 Å². The molecule has 0 aromatic heterocycles. The maximum atomic E-state index is 12.3. The van der Waals surface area contributed by atoms with Gasteiger partial charge in [0.2, 0.25) is 5.91 Å². The molecule has 1 aromatic carbocycles. The Kier molecular flexibility index (Phi) is 4.74. The fourth-order valence-electron chi connectivity index (χ4n) is 4.99. The highest BCUT2D eigenvalue weighted by atomic mass is 16.5. The summed E-state index contributed by atoms with van der Waals surface area (Å²) >= 11 is 0. The summed E-state index contributed by atoms with van der Waals surface area (Å²) in [6.07, 6.45) is 5.16. The first kappa shape index (κ1) is 17.2. The van der Waals surface area contributed by atoms with Crippen LogP contribution in [-0.4, -0.2) is 37.7 Å². The number of ether oxygens (including phenoxy) is 1. The number of para-hydroxylation sites is 2. The number of nitrogens with zero attached hydrogens (tertiary/aromatic N) is 1. The number of benzene rings is 1. The summed E-state index contributed by atoms with van der Waals surface area (Å²) in [5, 5.41) is 5.46. The molecule has 3 amide bonds. The summed E-state index contributed by atoms with van der Waals surface area (Å²) in [5.41, 5.74) is 0.893. The van der Waals surface area contributed by atoms with Gasteiger partial charge in [-0.1, -0.05) is 18.6 Å². The molecule has 4 rings (SSSR count). The number of hydrogen-bond acceptors (Lipinski definition) is 4. The third kappa shape index (κ3) is 3.50. The van der Waals surface area contributed by atoms with Gasteiger partial charge in [-0.2, -0.15) is 0 Å². The molecular weight excluding hydrogens is 330 g/mol. The first-order valence-corrected chi connectivity index (χ1v) is 9.67. The smallest absolute Gasteiger partial charge is 0.321 e. The molecule has 2 aliphatic carbocycles. The van der Waals surface area contributed by atoms with Crippen molar-refractivity contribution in [3.63, 3.8) is 0 Å². The average molecular weight is 357 g/mol. The molecule has 1 aromatic rings. The van der Waals surface area contributed by atoms with Gasteiger partial charge in [0, 0.05) is 6.04 Å². The summed E-state index contributed by atoms with van der Waals surface area (Å²) in [7, 11) is 0. The SMILES string of the molecule is C[C@H](NC(=O)NC(=O)CN1CCOc2ccccc21)[C@@H]1C[C@H]2CC[C@H]1C2. The van der Waals surface area contributed by atoms with Crippen LogP contribution in [0.3, 0.4) is 0 Å². The minimum atomic E-state index is -0.383. The minimum Gasteiger partial charge on any atom is -0.490 e. The molecule has 1 heterocycles. The Morgan fingerprint density at radius 2 is 2.12 bits per heavy atom. The highest BCUT2D eigenvalue weighted by Crippen LogP contribution is 2.49. The second-order valence-corrected chi connectivity index (χ2v) is 7.89. The van der Waals surface area contributed by atoms with Crippen molar-refractivity contribution in [1.82, 2.24) is 10.6 Å². The van der Waals surface area contributed by atoms with E-state index in [0.717, 1.165) is 23.3 Å². The van der Waals surface area contributed by atoms with E-state index in [0.29, 0.717) is 19.1 Å². The number of nitrogens with one attached hydrogen (secondary N) is 2. The van der Waals surface area contributed by atoms with E-state index >= 15 is 0 Å². The van der Waals surface area contributed by atoms with Crippen LogP contribution in [-0.2, 0) is 4.79 Å². The van der Waals surface area contributed by atoms with Crippen LogP contribution < -0.4 is 20.3 Å². The molecule has 2 bridgehead atoms. The standard InChI is InChI=1S/C20H27N3O3/c1-13(16-11-14-6-7-15(16)10-14)21-20(25)22-19(24)12-23-8-9-26-18-5-3-2-4-17(18)23/h2-5,13-16H,6-12H2,1H3,(H2,21,22,24,25)/t13-,14-,15-,16-/m0/s1. The number of rotatable bonds is 4. The third-order valence-electron chi connectivity index (χ3n) is 6.21. The lowest BCUT2D eigenvalue weighted by Crippen LogP contribution is -2.50. The first-order valence-electron chi connectivity index (χ1n) is 9.67. The maximum Gasteiger partial charge on any atom is 0.321 e. The summed E-state index contributed by atoms with van der Waals surface area (Å²) < 4.78 is 5.60. The lowest BCUT2D eigenvalue weighted by molar-refractivity contribution is -0.118. The molecule has 2 N–H and O–H groups in total. The van der Waals surface area contributed by atoms with Gasteiger partial charge in [0.05, 0.1) is 18.8 Å². The molecule has 26 heavy (non-hydrogen) atoms. The zero-order chi connectivity index (χ0) is 18.1. The van der Waals surface area contributed by atoms with Crippen molar-refractivity contribution in [3.8, 4) is 5.75 Å². The molecule has 4 atom stereocenters. The highest BCUT2D eigenvalue weighted by molar-refractivity contribution is 5.96. The van der Waals surface area contributed by atoms with E-state index in [1.807, 2.05) is 29.2 Å². The van der Waals surface area contributed by atoms with Crippen molar-refractivity contribution in [2.45, 2.75) is 38.6 Å². The van der Waals surface area contributed by atoms with Gasteiger partial charge in [-0.05, 0) is 56.1 Å². The van der Waals surface area contributed by atoms with Crippen LogP contribution in [0.15, 0.2) is 24.3 Å². The number of hydrogen-bond donors (Lipinski definition) is 2. The topological polar surface area (TPSA) is 70.7 Å². The van der Waals surface area contributed by atoms with Crippen LogP contribution in [0.2, 0.25) is 0 Å². The van der Waals surface area contributed by atoms with Crippen LogP contribution in [0.25, 0.3) is 0 Å². The zero-order valence-corrected chi connectivity index (χ0v) is 15.2. The molecular formula is C20H27N3O3. The zero-order valence-electron chi connectivity index (χ0n) is 15.2. The van der Waals surface area contributed by atoms with Crippen LogP contribution >= 0.6 is 0 Å². The monoisotopic (exact) mass is 357 g/mol. The number of urea groups is 1. The highest BCUT2D eigenvalue weighted by Gasteiger charge is 2.42. The van der Waals surface area contributed by atoms with E-state index in [-0.39, 0.29) is 24.5 Å². The number of imide groups is 1. The van der Waals surface area contributed by atoms with Crippen molar-refractivity contribution in [2.24, 2.45) is 17.8 Å². The molecule has 2 fully saturated rings. The van der Waals surface area contributed by atoms with Gasteiger partial charge in [0.15, 0.2) is 0 Å². The van der Waals surface area contributed by atoms with E-state index in [4.69, 9.17) is 4.74 Å². The number of fused-ring (bicyclic) bond motifs is 3. The van der Waals surface area contributed by atoms with Crippen LogP contribution in [0.5, 0.6) is 5.75 Å². The van der Waals surface area contributed by atoms with Crippen molar-refractivity contribution < 1.29 is 14.3 Å². The van der Waals surface area contributed by atoms with E-state index in [1.165, 1.54) is 25.7 Å². The van der Waals surface area contributed by atoms with Gasteiger partial charge in [-0.3, -0.25) is 10.1 Å². The maximum absolute atomic E-state index is 12.3. The molecule has 0 radical (unpaired) electrons. The van der Waals surface area contributed by atoms with E-state index in [9.17, 15) is 9.59 Å². The lowest BCUT2D eigenvalue weighted by atomic mass is 9.84. The van der Waals surface area contributed by atoms with Gasteiger partial charge < -0.3 is 15.0 Å². The van der Waals surface area contributed by atoms with Crippen molar-refractivity contribution in [1.29, 1.82) is 0 Å². The second-order valence-electron chi connectivity index (χ2n) is 7.89. The number of anilines is 1. The molecule has 6 heteroatoms. The predicted molar refractivity (Wildman–Crippen MR) is 99.2 cm³/mol. The Labute approximate surface area is 154 Å². The van der Waals surface area contributed by atoms with E-state index in [1.54, 1.807) is 0 Å². The molecule has 3 aliphatic rings. The fraction of sp³-hybridized carbons (Fsp3) is 0.600. The van der Waals surface area contributed by atoms with E-state index in [2.05, 4.69) is 17.6 Å². The molecule has 2 saturated carbocycles. The Bertz CT molecular complexity index is 693. The van der Waals surface area contributed by atoms with Crippen LogP contribution in [0.4, 0.5) is 10.5 Å². The normalized spacial score (nSPS) is 27.4. The molecule has 1 aliphatic heterocycles. The fourth-order valence-corrected chi connectivity index (χ4v) is 4.99. The lowest BCUT2D eigenvalue weighted by Gasteiger charge is -2.31. The molecule has 6 nitrogen and oxygen atoms in total. The minimum absolute atomic E-state index is 0.113. The van der Waals surface area contributed by atoms with Crippen LogP contribution in [0, 0.1) is 17.8 Å². The van der Waals surface area contributed by atoms with Crippen molar-refractivity contribution in [2.75, 3.05) is 24.6 Å². The molecule has 0 unspecified atom stereocenters. The van der Waals surface area contributed by atoms with E-state index < -0.39 is 0 Å². The Balaban J connectivity index is 1.28. The summed E-state index contributed by atoms with van der Waals surface area (Å²) in [6, 6.07) is 7.38. The predicted octanol–water partition coefficient (Wildman–Crippen LogP) is 2.54. The quantitative estimate of drug-likeness (QED) is 0.869. The van der Waals surface area contributed by atoms with Crippen molar-refractivity contribution >= 4 is 17.6 Å². The largest absolute Gasteiger partial charge is 0.490 e. The molecule has 140 valence electrons.